The third kappa shape index (κ3) is 4.43. The Hall–Kier alpha value is -1.61. The Balaban J connectivity index is 2.07. The minimum absolute atomic E-state index is 0.0587. The van der Waals surface area contributed by atoms with Gasteiger partial charge in [-0.05, 0) is 18.2 Å². The Morgan fingerprint density at radius 3 is 2.71 bits per heavy atom. The summed E-state index contributed by atoms with van der Waals surface area (Å²) in [6.45, 7) is 0.498. The molecule has 2 rings (SSSR count). The van der Waals surface area contributed by atoms with Crippen LogP contribution in [0, 0.1) is 0 Å². The quantitative estimate of drug-likeness (QED) is 0.855. The van der Waals surface area contributed by atoms with Gasteiger partial charge >= 0.3 is 6.18 Å². The number of nitrogens with one attached hydrogen (secondary N) is 1. The summed E-state index contributed by atoms with van der Waals surface area (Å²) in [6.07, 6.45) is -2.78. The van der Waals surface area contributed by atoms with Crippen molar-refractivity contribution in [2.75, 3.05) is 11.9 Å². The molecule has 0 aliphatic rings. The third-order valence-electron chi connectivity index (χ3n) is 2.61. The highest BCUT2D eigenvalue weighted by Crippen LogP contribution is 2.33. The summed E-state index contributed by atoms with van der Waals surface area (Å²) in [4.78, 5) is 0. The molecule has 0 aliphatic heterocycles. The second-order valence-corrected chi connectivity index (χ2v) is 5.19. The van der Waals surface area contributed by atoms with Gasteiger partial charge in [0.1, 0.15) is 5.69 Å². The smallest absolute Gasteiger partial charge is 0.394 e. The highest BCUT2D eigenvalue weighted by atomic mass is 79.9. The SMILES string of the molecule is OCCn1cc(CNc2cc(Br)cc(C(F)(F)F)c2)nn1. The summed E-state index contributed by atoms with van der Waals surface area (Å²) >= 11 is 3.06. The molecule has 0 saturated heterocycles. The van der Waals surface area contributed by atoms with Crippen LogP contribution in [0.5, 0.6) is 0 Å². The van der Waals surface area contributed by atoms with Crippen LogP contribution >= 0.6 is 15.9 Å². The fourth-order valence-electron chi connectivity index (χ4n) is 1.68. The topological polar surface area (TPSA) is 63.0 Å². The zero-order valence-electron chi connectivity index (χ0n) is 10.7. The maximum atomic E-state index is 12.7. The van der Waals surface area contributed by atoms with E-state index in [4.69, 9.17) is 5.11 Å². The summed E-state index contributed by atoms with van der Waals surface area (Å²) in [7, 11) is 0. The number of nitrogens with zero attached hydrogens (tertiary/aromatic N) is 3. The van der Waals surface area contributed by atoms with E-state index in [0.29, 0.717) is 22.4 Å². The average Bonchev–Trinajstić information content (AvgIpc) is 2.83. The van der Waals surface area contributed by atoms with Crippen LogP contribution in [0.15, 0.2) is 28.9 Å². The molecule has 5 nitrogen and oxygen atoms in total. The second kappa shape index (κ2) is 6.44. The molecule has 1 aromatic carbocycles. The number of aliphatic hydroxyl groups excluding tert-OH is 1. The first-order valence-electron chi connectivity index (χ1n) is 6.00. The molecule has 0 radical (unpaired) electrons. The number of hydrogen-bond donors (Lipinski definition) is 2. The lowest BCUT2D eigenvalue weighted by molar-refractivity contribution is -0.137. The van der Waals surface area contributed by atoms with E-state index in [-0.39, 0.29) is 13.2 Å². The summed E-state index contributed by atoms with van der Waals surface area (Å²) in [5, 5.41) is 19.2. The number of aliphatic hydroxyl groups is 1. The Kier molecular flexibility index (Phi) is 4.84. The van der Waals surface area contributed by atoms with Crippen molar-refractivity contribution in [2.45, 2.75) is 19.3 Å². The number of alkyl halides is 3. The van der Waals surface area contributed by atoms with Crippen LogP contribution in [0.25, 0.3) is 0 Å². The highest BCUT2D eigenvalue weighted by molar-refractivity contribution is 9.10. The maximum Gasteiger partial charge on any atom is 0.416 e. The first-order chi connectivity index (χ1) is 9.88. The molecule has 21 heavy (non-hydrogen) atoms. The number of aromatic nitrogens is 3. The van der Waals surface area contributed by atoms with E-state index in [2.05, 4.69) is 31.6 Å². The van der Waals surface area contributed by atoms with Gasteiger partial charge in [-0.2, -0.15) is 13.2 Å². The molecule has 1 aromatic heterocycles. The van der Waals surface area contributed by atoms with E-state index >= 15 is 0 Å². The van der Waals surface area contributed by atoms with Crippen molar-refractivity contribution in [3.05, 3.63) is 40.1 Å². The van der Waals surface area contributed by atoms with E-state index in [1.54, 1.807) is 12.3 Å². The van der Waals surface area contributed by atoms with Crippen molar-refractivity contribution >= 4 is 21.6 Å². The van der Waals surface area contributed by atoms with Crippen LogP contribution in [0.2, 0.25) is 0 Å². The van der Waals surface area contributed by atoms with Crippen molar-refractivity contribution in [1.29, 1.82) is 0 Å². The van der Waals surface area contributed by atoms with Crippen LogP contribution < -0.4 is 5.32 Å². The van der Waals surface area contributed by atoms with Gasteiger partial charge in [0, 0.05) is 10.2 Å². The maximum absolute atomic E-state index is 12.7. The van der Waals surface area contributed by atoms with Gasteiger partial charge in [-0.3, -0.25) is 0 Å². The number of hydrogen-bond acceptors (Lipinski definition) is 4. The normalized spacial score (nSPS) is 11.7. The van der Waals surface area contributed by atoms with Crippen LogP contribution in [0.3, 0.4) is 0 Å². The van der Waals surface area contributed by atoms with Crippen molar-refractivity contribution in [3.63, 3.8) is 0 Å². The van der Waals surface area contributed by atoms with Gasteiger partial charge in [0.05, 0.1) is 31.5 Å². The van der Waals surface area contributed by atoms with E-state index < -0.39 is 11.7 Å². The van der Waals surface area contributed by atoms with Gasteiger partial charge in [0.25, 0.3) is 0 Å². The minimum Gasteiger partial charge on any atom is -0.394 e. The summed E-state index contributed by atoms with van der Waals surface area (Å²) in [5.74, 6) is 0. The highest BCUT2D eigenvalue weighted by Gasteiger charge is 2.31. The molecule has 114 valence electrons. The lowest BCUT2D eigenvalue weighted by Crippen LogP contribution is -2.07. The number of benzene rings is 1. The Bertz CT molecular complexity index is 615. The molecule has 0 saturated carbocycles. The van der Waals surface area contributed by atoms with Gasteiger partial charge in [0.15, 0.2) is 0 Å². The fourth-order valence-corrected chi connectivity index (χ4v) is 2.17. The molecule has 0 fully saturated rings. The fraction of sp³-hybridized carbons (Fsp3) is 0.333. The first kappa shape index (κ1) is 15.8. The van der Waals surface area contributed by atoms with Crippen LogP contribution in [-0.2, 0) is 19.3 Å². The Morgan fingerprint density at radius 1 is 1.29 bits per heavy atom. The minimum atomic E-state index is -4.40. The molecular weight excluding hydrogens is 353 g/mol. The summed E-state index contributed by atoms with van der Waals surface area (Å²) in [5.41, 5.74) is 0.161. The van der Waals surface area contributed by atoms with E-state index in [0.717, 1.165) is 12.1 Å². The molecule has 0 unspecified atom stereocenters. The average molecular weight is 365 g/mol. The molecule has 9 heteroatoms. The zero-order valence-corrected chi connectivity index (χ0v) is 12.3. The molecule has 1 heterocycles. The Labute approximate surface area is 126 Å². The molecule has 0 amide bonds. The van der Waals surface area contributed by atoms with Crippen molar-refractivity contribution < 1.29 is 18.3 Å². The van der Waals surface area contributed by atoms with Crippen molar-refractivity contribution in [3.8, 4) is 0 Å². The lowest BCUT2D eigenvalue weighted by Gasteiger charge is -2.11. The zero-order chi connectivity index (χ0) is 15.5. The van der Waals surface area contributed by atoms with Gasteiger partial charge < -0.3 is 10.4 Å². The molecule has 2 aromatic rings. The largest absolute Gasteiger partial charge is 0.416 e. The molecule has 0 aliphatic carbocycles. The monoisotopic (exact) mass is 364 g/mol. The second-order valence-electron chi connectivity index (χ2n) is 4.28. The lowest BCUT2D eigenvalue weighted by atomic mass is 10.2. The molecular formula is C12H12BrF3N4O. The van der Waals surface area contributed by atoms with Crippen LogP contribution in [-0.4, -0.2) is 26.7 Å². The van der Waals surface area contributed by atoms with E-state index in [9.17, 15) is 13.2 Å². The van der Waals surface area contributed by atoms with Gasteiger partial charge in [0.2, 0.25) is 0 Å². The summed E-state index contributed by atoms with van der Waals surface area (Å²) in [6, 6.07) is 3.60. The van der Waals surface area contributed by atoms with Crippen molar-refractivity contribution in [2.24, 2.45) is 0 Å². The van der Waals surface area contributed by atoms with Gasteiger partial charge in [-0.15, -0.1) is 5.10 Å². The number of anilines is 1. The predicted octanol–water partition coefficient (Wildman–Crippen LogP) is 2.66. The standard InChI is InChI=1S/C12H12BrF3N4O/c13-9-3-8(12(14,15)16)4-10(5-9)17-6-11-7-20(1-2-21)19-18-11/h3-5,7,17,21H,1-2,6H2. The first-order valence-corrected chi connectivity index (χ1v) is 6.79. The number of rotatable bonds is 5. The van der Waals surface area contributed by atoms with Crippen LogP contribution in [0.4, 0.5) is 18.9 Å². The van der Waals surface area contributed by atoms with Gasteiger partial charge in [-0.25, -0.2) is 4.68 Å². The van der Waals surface area contributed by atoms with Crippen LogP contribution in [0.1, 0.15) is 11.3 Å². The van der Waals surface area contributed by atoms with E-state index in [1.807, 2.05) is 0 Å². The molecule has 0 spiro atoms. The van der Waals surface area contributed by atoms with E-state index in [1.165, 1.54) is 4.68 Å². The molecule has 0 bridgehead atoms. The third-order valence-corrected chi connectivity index (χ3v) is 3.07. The van der Waals surface area contributed by atoms with Crippen molar-refractivity contribution in [1.82, 2.24) is 15.0 Å². The Morgan fingerprint density at radius 2 is 2.05 bits per heavy atom. The molecule has 0 atom stereocenters. The summed E-state index contributed by atoms with van der Waals surface area (Å²) < 4.78 is 39.9. The van der Waals surface area contributed by atoms with Gasteiger partial charge in [-0.1, -0.05) is 21.1 Å². The molecule has 2 N–H and O–H groups in total. The predicted molar refractivity (Wildman–Crippen MR) is 73.6 cm³/mol. The number of halogens is 4.